The van der Waals surface area contributed by atoms with Gasteiger partial charge in [0, 0.05) is 6.54 Å². The third-order valence-electron chi connectivity index (χ3n) is 2.88. The second-order valence-corrected chi connectivity index (χ2v) is 5.87. The van der Waals surface area contributed by atoms with Gasteiger partial charge >= 0.3 is 6.09 Å². The van der Waals surface area contributed by atoms with Crippen molar-refractivity contribution in [1.82, 2.24) is 10.2 Å². The lowest BCUT2D eigenvalue weighted by atomic mass is 10.2. The van der Waals surface area contributed by atoms with Gasteiger partial charge in [0.2, 0.25) is 0 Å². The van der Waals surface area contributed by atoms with E-state index in [1.807, 2.05) is 20.8 Å². The lowest BCUT2D eigenvalue weighted by Crippen LogP contribution is -2.40. The quantitative estimate of drug-likeness (QED) is 0.747. The lowest BCUT2D eigenvalue weighted by molar-refractivity contribution is 0.0270. The van der Waals surface area contributed by atoms with Crippen molar-refractivity contribution >= 4 is 6.09 Å². The van der Waals surface area contributed by atoms with Gasteiger partial charge in [-0.1, -0.05) is 13.3 Å². The van der Waals surface area contributed by atoms with Crippen molar-refractivity contribution in [3.63, 3.8) is 0 Å². The molecular weight excluding hydrogens is 232 g/mol. The van der Waals surface area contributed by atoms with Gasteiger partial charge in [-0.2, -0.15) is 0 Å². The van der Waals surface area contributed by atoms with Gasteiger partial charge in [0.05, 0.1) is 18.7 Å². The number of rotatable bonds is 4. The Morgan fingerprint density at radius 2 is 2.11 bits per heavy atom. The van der Waals surface area contributed by atoms with E-state index in [9.17, 15) is 9.90 Å². The van der Waals surface area contributed by atoms with E-state index in [4.69, 9.17) is 4.74 Å². The standard InChI is InChI=1S/C13H26N2O3/c1-5-6-7-14-10-8-15(9-11(10)16)12(17)18-13(2,3)4/h10-11,14,16H,5-9H2,1-4H3/t10-,11-/m1/s1. The van der Waals surface area contributed by atoms with Crippen molar-refractivity contribution in [2.24, 2.45) is 0 Å². The average molecular weight is 258 g/mol. The second-order valence-electron chi connectivity index (χ2n) is 5.87. The predicted molar refractivity (Wildman–Crippen MR) is 70.5 cm³/mol. The molecule has 2 N–H and O–H groups in total. The van der Waals surface area contributed by atoms with Crippen LogP contribution in [0, 0.1) is 0 Å². The van der Waals surface area contributed by atoms with E-state index >= 15 is 0 Å². The van der Waals surface area contributed by atoms with E-state index in [0.29, 0.717) is 13.1 Å². The van der Waals surface area contributed by atoms with Crippen LogP contribution in [0.15, 0.2) is 0 Å². The smallest absolute Gasteiger partial charge is 0.410 e. The number of carbonyl (C=O) groups is 1. The highest BCUT2D eigenvalue weighted by Crippen LogP contribution is 2.15. The molecule has 0 aromatic carbocycles. The van der Waals surface area contributed by atoms with E-state index in [-0.39, 0.29) is 12.1 Å². The summed E-state index contributed by atoms with van der Waals surface area (Å²) in [5, 5.41) is 13.2. The highest BCUT2D eigenvalue weighted by atomic mass is 16.6. The number of aliphatic hydroxyl groups excluding tert-OH is 1. The summed E-state index contributed by atoms with van der Waals surface area (Å²) >= 11 is 0. The molecule has 5 nitrogen and oxygen atoms in total. The first kappa shape index (κ1) is 15.2. The van der Waals surface area contributed by atoms with Crippen LogP contribution < -0.4 is 5.32 Å². The molecule has 0 aromatic heterocycles. The zero-order valence-corrected chi connectivity index (χ0v) is 11.9. The number of unbranched alkanes of at least 4 members (excludes halogenated alkanes) is 1. The fourth-order valence-electron chi connectivity index (χ4n) is 1.93. The Morgan fingerprint density at radius 1 is 1.44 bits per heavy atom. The number of ether oxygens (including phenoxy) is 1. The van der Waals surface area contributed by atoms with E-state index in [2.05, 4.69) is 12.2 Å². The number of aliphatic hydroxyl groups is 1. The maximum absolute atomic E-state index is 11.8. The summed E-state index contributed by atoms with van der Waals surface area (Å²) < 4.78 is 5.29. The van der Waals surface area contributed by atoms with Crippen LogP contribution in [-0.2, 0) is 4.74 Å². The number of amides is 1. The van der Waals surface area contributed by atoms with Gasteiger partial charge in [-0.15, -0.1) is 0 Å². The molecule has 106 valence electrons. The minimum atomic E-state index is -0.505. The summed E-state index contributed by atoms with van der Waals surface area (Å²) in [4.78, 5) is 13.4. The summed E-state index contributed by atoms with van der Waals surface area (Å²) in [6, 6.07) is -0.0379. The number of β-amino-alcohol motifs (C(OH)–C–C–N with tert-alkyl or cyclic N) is 1. The number of nitrogens with zero attached hydrogens (tertiary/aromatic N) is 1. The highest BCUT2D eigenvalue weighted by molar-refractivity contribution is 5.68. The fourth-order valence-corrected chi connectivity index (χ4v) is 1.93. The van der Waals surface area contributed by atoms with Gasteiger partial charge in [0.15, 0.2) is 0 Å². The minimum Gasteiger partial charge on any atom is -0.444 e. The zero-order valence-electron chi connectivity index (χ0n) is 11.9. The van der Waals surface area contributed by atoms with Crippen molar-refractivity contribution in [3.05, 3.63) is 0 Å². The van der Waals surface area contributed by atoms with Crippen LogP contribution in [0.5, 0.6) is 0 Å². The summed E-state index contributed by atoms with van der Waals surface area (Å²) in [5.41, 5.74) is -0.490. The van der Waals surface area contributed by atoms with Gasteiger partial charge in [-0.25, -0.2) is 4.79 Å². The fraction of sp³-hybridized carbons (Fsp3) is 0.923. The van der Waals surface area contributed by atoms with Crippen LogP contribution in [0.1, 0.15) is 40.5 Å². The van der Waals surface area contributed by atoms with Gasteiger partial charge in [-0.3, -0.25) is 0 Å². The predicted octanol–water partition coefficient (Wildman–Crippen LogP) is 1.36. The molecule has 0 aliphatic carbocycles. The number of likely N-dealkylation sites (tertiary alicyclic amines) is 1. The highest BCUT2D eigenvalue weighted by Gasteiger charge is 2.35. The van der Waals surface area contributed by atoms with Crippen molar-refractivity contribution in [1.29, 1.82) is 0 Å². The number of hydrogen-bond acceptors (Lipinski definition) is 4. The number of hydrogen-bond donors (Lipinski definition) is 2. The van der Waals surface area contributed by atoms with Crippen molar-refractivity contribution in [2.45, 2.75) is 58.3 Å². The molecule has 1 rings (SSSR count). The maximum atomic E-state index is 11.8. The Labute approximate surface area is 109 Å². The normalized spacial score (nSPS) is 24.4. The van der Waals surface area contributed by atoms with Crippen molar-refractivity contribution < 1.29 is 14.6 Å². The molecule has 18 heavy (non-hydrogen) atoms. The Kier molecular flexibility index (Phi) is 5.41. The van der Waals surface area contributed by atoms with E-state index < -0.39 is 11.7 Å². The first-order valence-corrected chi connectivity index (χ1v) is 6.73. The molecular formula is C13H26N2O3. The lowest BCUT2D eigenvalue weighted by Gasteiger charge is -2.24. The molecule has 0 spiro atoms. The molecule has 1 fully saturated rings. The summed E-state index contributed by atoms with van der Waals surface area (Å²) in [6.45, 7) is 9.38. The first-order chi connectivity index (χ1) is 8.33. The summed E-state index contributed by atoms with van der Waals surface area (Å²) in [6.07, 6.45) is 1.34. The van der Waals surface area contributed by atoms with Crippen LogP contribution in [0.3, 0.4) is 0 Å². The summed E-state index contributed by atoms with van der Waals surface area (Å²) in [5.74, 6) is 0. The van der Waals surface area contributed by atoms with Crippen LogP contribution in [-0.4, -0.2) is 53.5 Å². The van der Waals surface area contributed by atoms with E-state index in [1.165, 1.54) is 0 Å². The van der Waals surface area contributed by atoms with Crippen LogP contribution >= 0.6 is 0 Å². The molecule has 0 radical (unpaired) electrons. The molecule has 1 saturated heterocycles. The molecule has 5 heteroatoms. The van der Waals surface area contributed by atoms with Crippen LogP contribution in [0.4, 0.5) is 4.79 Å². The van der Waals surface area contributed by atoms with Gasteiger partial charge in [-0.05, 0) is 33.7 Å². The average Bonchev–Trinajstić information content (AvgIpc) is 2.58. The third-order valence-corrected chi connectivity index (χ3v) is 2.88. The molecule has 1 heterocycles. The van der Waals surface area contributed by atoms with Gasteiger partial charge in [0.1, 0.15) is 5.60 Å². The van der Waals surface area contributed by atoms with Crippen molar-refractivity contribution in [2.75, 3.05) is 19.6 Å². The van der Waals surface area contributed by atoms with E-state index in [1.54, 1.807) is 4.90 Å². The van der Waals surface area contributed by atoms with Gasteiger partial charge < -0.3 is 20.1 Å². The topological polar surface area (TPSA) is 61.8 Å². The minimum absolute atomic E-state index is 0.0379. The van der Waals surface area contributed by atoms with Gasteiger partial charge in [0.25, 0.3) is 0 Å². The largest absolute Gasteiger partial charge is 0.444 e. The summed E-state index contributed by atoms with van der Waals surface area (Å²) in [7, 11) is 0. The van der Waals surface area contributed by atoms with Crippen LogP contribution in [0.2, 0.25) is 0 Å². The Morgan fingerprint density at radius 3 is 2.67 bits per heavy atom. The first-order valence-electron chi connectivity index (χ1n) is 6.73. The molecule has 1 aliphatic heterocycles. The Balaban J connectivity index is 2.40. The SMILES string of the molecule is CCCCN[C@@H]1CN(C(=O)OC(C)(C)C)C[C@H]1O. The molecule has 1 aliphatic rings. The molecule has 2 atom stereocenters. The molecule has 1 amide bonds. The zero-order chi connectivity index (χ0) is 13.8. The molecule has 0 aromatic rings. The van der Waals surface area contributed by atoms with Crippen molar-refractivity contribution in [3.8, 4) is 0 Å². The third kappa shape index (κ3) is 4.82. The Hall–Kier alpha value is -0.810. The molecule has 0 bridgehead atoms. The number of carbonyl (C=O) groups excluding carboxylic acids is 1. The second kappa shape index (κ2) is 6.38. The monoisotopic (exact) mass is 258 g/mol. The van der Waals surface area contributed by atoms with E-state index in [0.717, 1.165) is 19.4 Å². The number of nitrogens with one attached hydrogen (secondary N) is 1. The molecule has 0 unspecified atom stereocenters. The Bertz CT molecular complexity index is 276. The van der Waals surface area contributed by atoms with Crippen LogP contribution in [0.25, 0.3) is 0 Å². The maximum Gasteiger partial charge on any atom is 0.410 e. The molecule has 0 saturated carbocycles.